The standard InChI is InChI=1S/C13H16F2N2O3/c1-3-20-13(19)8-17(2)7-12(18)16-9-4-5-10(14)11(15)6-9/h4-6H,3,7-8H2,1-2H3,(H,16,18). The van der Waals surface area contributed by atoms with E-state index in [1.807, 2.05) is 0 Å². The van der Waals surface area contributed by atoms with E-state index in [2.05, 4.69) is 5.32 Å². The van der Waals surface area contributed by atoms with E-state index in [0.717, 1.165) is 12.1 Å². The van der Waals surface area contributed by atoms with Gasteiger partial charge in [0, 0.05) is 11.8 Å². The van der Waals surface area contributed by atoms with Crippen molar-refractivity contribution in [2.75, 3.05) is 32.1 Å². The van der Waals surface area contributed by atoms with E-state index in [4.69, 9.17) is 4.74 Å². The van der Waals surface area contributed by atoms with Crippen LogP contribution in [-0.2, 0) is 14.3 Å². The third kappa shape index (κ3) is 5.31. The molecule has 1 aromatic carbocycles. The number of ether oxygens (including phenoxy) is 1. The summed E-state index contributed by atoms with van der Waals surface area (Å²) < 4.78 is 30.4. The van der Waals surface area contributed by atoms with E-state index in [1.54, 1.807) is 14.0 Å². The first-order valence-corrected chi connectivity index (χ1v) is 6.01. The number of benzene rings is 1. The molecular formula is C13H16F2N2O3. The normalized spacial score (nSPS) is 10.4. The van der Waals surface area contributed by atoms with Crippen molar-refractivity contribution in [3.63, 3.8) is 0 Å². The Balaban J connectivity index is 2.46. The molecule has 0 spiro atoms. The minimum atomic E-state index is -1.04. The Labute approximate surface area is 115 Å². The minimum Gasteiger partial charge on any atom is -0.465 e. The fourth-order valence-corrected chi connectivity index (χ4v) is 1.50. The SMILES string of the molecule is CCOC(=O)CN(C)CC(=O)Nc1ccc(F)c(F)c1. The predicted molar refractivity (Wildman–Crippen MR) is 69.1 cm³/mol. The van der Waals surface area contributed by atoms with Gasteiger partial charge in [-0.15, -0.1) is 0 Å². The van der Waals surface area contributed by atoms with E-state index in [9.17, 15) is 18.4 Å². The number of amides is 1. The number of nitrogens with zero attached hydrogens (tertiary/aromatic N) is 1. The van der Waals surface area contributed by atoms with E-state index < -0.39 is 23.5 Å². The number of hydrogen-bond acceptors (Lipinski definition) is 4. The van der Waals surface area contributed by atoms with Gasteiger partial charge in [0.25, 0.3) is 0 Å². The fourth-order valence-electron chi connectivity index (χ4n) is 1.50. The molecule has 1 amide bonds. The Morgan fingerprint density at radius 1 is 1.25 bits per heavy atom. The van der Waals surface area contributed by atoms with Crippen molar-refractivity contribution in [2.24, 2.45) is 0 Å². The third-order valence-electron chi connectivity index (χ3n) is 2.32. The number of rotatable bonds is 6. The van der Waals surface area contributed by atoms with Crippen LogP contribution in [0.3, 0.4) is 0 Å². The Bertz CT molecular complexity index is 495. The van der Waals surface area contributed by atoms with Crippen LogP contribution < -0.4 is 5.32 Å². The number of carbonyl (C=O) groups is 2. The van der Waals surface area contributed by atoms with Crippen LogP contribution in [0.5, 0.6) is 0 Å². The monoisotopic (exact) mass is 286 g/mol. The molecule has 5 nitrogen and oxygen atoms in total. The van der Waals surface area contributed by atoms with Gasteiger partial charge in [0.2, 0.25) is 5.91 Å². The molecule has 110 valence electrons. The van der Waals surface area contributed by atoms with Gasteiger partial charge in [0.05, 0.1) is 19.7 Å². The highest BCUT2D eigenvalue weighted by molar-refractivity contribution is 5.92. The second-order valence-electron chi connectivity index (χ2n) is 4.15. The molecule has 0 aliphatic carbocycles. The van der Waals surface area contributed by atoms with Crippen LogP contribution in [0, 0.1) is 11.6 Å². The largest absolute Gasteiger partial charge is 0.465 e. The molecule has 0 saturated heterocycles. The molecule has 0 aliphatic rings. The molecule has 7 heteroatoms. The zero-order chi connectivity index (χ0) is 15.1. The van der Waals surface area contributed by atoms with Crippen molar-refractivity contribution in [1.82, 2.24) is 4.90 Å². The van der Waals surface area contributed by atoms with E-state index in [-0.39, 0.29) is 25.4 Å². The van der Waals surface area contributed by atoms with Gasteiger partial charge in [0.1, 0.15) is 0 Å². The van der Waals surface area contributed by atoms with Crippen molar-refractivity contribution in [3.05, 3.63) is 29.8 Å². The van der Waals surface area contributed by atoms with E-state index in [1.165, 1.54) is 11.0 Å². The Morgan fingerprint density at radius 2 is 1.95 bits per heavy atom. The summed E-state index contributed by atoms with van der Waals surface area (Å²) in [5.74, 6) is -2.90. The second-order valence-corrected chi connectivity index (χ2v) is 4.15. The Morgan fingerprint density at radius 3 is 2.55 bits per heavy atom. The summed E-state index contributed by atoms with van der Waals surface area (Å²) in [7, 11) is 1.57. The lowest BCUT2D eigenvalue weighted by Crippen LogP contribution is -2.34. The third-order valence-corrected chi connectivity index (χ3v) is 2.32. The minimum absolute atomic E-state index is 0.0287. The van der Waals surface area contributed by atoms with Crippen LogP contribution in [0.25, 0.3) is 0 Å². The molecule has 0 radical (unpaired) electrons. The van der Waals surface area contributed by atoms with Crippen LogP contribution >= 0.6 is 0 Å². The molecule has 1 rings (SSSR count). The maximum absolute atomic E-state index is 13.0. The smallest absolute Gasteiger partial charge is 0.320 e. The Kier molecular flexibility index (Phi) is 6.05. The number of likely N-dealkylation sites (N-methyl/N-ethyl adjacent to an activating group) is 1. The van der Waals surface area contributed by atoms with Gasteiger partial charge in [-0.05, 0) is 26.1 Å². The lowest BCUT2D eigenvalue weighted by Gasteiger charge is -2.15. The van der Waals surface area contributed by atoms with Crippen LogP contribution in [-0.4, -0.2) is 43.5 Å². The first-order chi connectivity index (χ1) is 9.42. The number of carbonyl (C=O) groups excluding carboxylic acids is 2. The summed E-state index contributed by atoms with van der Waals surface area (Å²) in [5, 5.41) is 2.41. The number of hydrogen-bond donors (Lipinski definition) is 1. The van der Waals surface area contributed by atoms with Crippen molar-refractivity contribution in [3.8, 4) is 0 Å². The van der Waals surface area contributed by atoms with Gasteiger partial charge in [-0.1, -0.05) is 0 Å². The molecule has 0 aromatic heterocycles. The summed E-state index contributed by atoms with van der Waals surface area (Å²) in [6.07, 6.45) is 0. The lowest BCUT2D eigenvalue weighted by atomic mass is 10.3. The van der Waals surface area contributed by atoms with E-state index >= 15 is 0 Å². The van der Waals surface area contributed by atoms with E-state index in [0.29, 0.717) is 0 Å². The number of halogens is 2. The molecule has 0 heterocycles. The molecule has 1 N–H and O–H groups in total. The van der Waals surface area contributed by atoms with Crippen LogP contribution in [0.1, 0.15) is 6.92 Å². The average Bonchev–Trinajstić information content (AvgIpc) is 2.33. The van der Waals surface area contributed by atoms with Crippen molar-refractivity contribution in [2.45, 2.75) is 6.92 Å². The van der Waals surface area contributed by atoms with Crippen molar-refractivity contribution in [1.29, 1.82) is 0 Å². The quantitative estimate of drug-likeness (QED) is 0.803. The molecular weight excluding hydrogens is 270 g/mol. The van der Waals surface area contributed by atoms with Gasteiger partial charge in [-0.25, -0.2) is 8.78 Å². The highest BCUT2D eigenvalue weighted by Crippen LogP contribution is 2.12. The summed E-state index contributed by atoms with van der Waals surface area (Å²) in [6, 6.07) is 3.06. The van der Waals surface area contributed by atoms with Gasteiger partial charge in [0.15, 0.2) is 11.6 Å². The number of nitrogens with one attached hydrogen (secondary N) is 1. The topological polar surface area (TPSA) is 58.6 Å². The molecule has 0 aliphatic heterocycles. The Hall–Kier alpha value is -2.02. The fraction of sp³-hybridized carbons (Fsp3) is 0.385. The van der Waals surface area contributed by atoms with Crippen molar-refractivity contribution >= 4 is 17.6 Å². The maximum atomic E-state index is 13.0. The zero-order valence-electron chi connectivity index (χ0n) is 11.3. The van der Waals surface area contributed by atoms with Crippen LogP contribution in [0.15, 0.2) is 18.2 Å². The molecule has 1 aromatic rings. The summed E-state index contributed by atoms with van der Waals surface area (Å²) in [6.45, 7) is 1.86. The summed E-state index contributed by atoms with van der Waals surface area (Å²) in [4.78, 5) is 24.3. The van der Waals surface area contributed by atoms with Gasteiger partial charge >= 0.3 is 5.97 Å². The lowest BCUT2D eigenvalue weighted by molar-refractivity contribution is -0.144. The molecule has 0 fully saturated rings. The van der Waals surface area contributed by atoms with Gasteiger partial charge < -0.3 is 10.1 Å². The highest BCUT2D eigenvalue weighted by Gasteiger charge is 2.12. The average molecular weight is 286 g/mol. The maximum Gasteiger partial charge on any atom is 0.320 e. The highest BCUT2D eigenvalue weighted by atomic mass is 19.2. The van der Waals surface area contributed by atoms with Crippen molar-refractivity contribution < 1.29 is 23.1 Å². The van der Waals surface area contributed by atoms with Crippen LogP contribution in [0.4, 0.5) is 14.5 Å². The molecule has 0 unspecified atom stereocenters. The molecule has 0 atom stereocenters. The number of esters is 1. The number of anilines is 1. The second kappa shape index (κ2) is 7.54. The summed E-state index contributed by atoms with van der Waals surface area (Å²) >= 11 is 0. The molecule has 0 saturated carbocycles. The zero-order valence-corrected chi connectivity index (χ0v) is 11.3. The summed E-state index contributed by atoms with van der Waals surface area (Å²) in [5.41, 5.74) is 0.151. The first kappa shape index (κ1) is 16.0. The van der Waals surface area contributed by atoms with Gasteiger partial charge in [-0.3, -0.25) is 14.5 Å². The van der Waals surface area contributed by atoms with Crippen LogP contribution in [0.2, 0.25) is 0 Å². The molecule has 20 heavy (non-hydrogen) atoms. The van der Waals surface area contributed by atoms with Gasteiger partial charge in [-0.2, -0.15) is 0 Å². The molecule has 0 bridgehead atoms. The first-order valence-electron chi connectivity index (χ1n) is 6.01. The predicted octanol–water partition coefficient (Wildman–Crippen LogP) is 1.40.